The molecule has 1 N–H and O–H groups in total. The Morgan fingerprint density at radius 3 is 2.27 bits per heavy atom. The van der Waals surface area contributed by atoms with Crippen LogP contribution in [0.15, 0.2) is 83.3 Å². The van der Waals surface area contributed by atoms with E-state index in [9.17, 15) is 18.0 Å². The van der Waals surface area contributed by atoms with Crippen LogP contribution in [0.2, 0.25) is 5.02 Å². The molecule has 0 aromatic heterocycles. The second kappa shape index (κ2) is 14.3. The molecule has 0 bridgehead atoms. The monoisotopic (exact) mass is 659 g/mol. The maximum absolute atomic E-state index is 14.2. The van der Waals surface area contributed by atoms with E-state index in [1.165, 1.54) is 4.90 Å². The molecule has 0 radical (unpaired) electrons. The van der Waals surface area contributed by atoms with E-state index in [2.05, 4.69) is 21.2 Å². The third kappa shape index (κ3) is 8.80. The molecule has 0 aliphatic heterocycles. The summed E-state index contributed by atoms with van der Waals surface area (Å²) in [5.41, 5.74) is 1.98. The number of nitrogens with one attached hydrogen (secondary N) is 1. The molecule has 10 heteroatoms. The number of rotatable bonds is 11. The highest BCUT2D eigenvalue weighted by Gasteiger charge is 2.34. The van der Waals surface area contributed by atoms with E-state index in [1.54, 1.807) is 42.5 Å². The largest absolute Gasteiger partial charge is 0.352 e. The van der Waals surface area contributed by atoms with Crippen molar-refractivity contribution < 1.29 is 18.0 Å². The molecule has 1 fully saturated rings. The molecular weight excluding hydrogens is 626 g/mol. The Morgan fingerprint density at radius 2 is 1.61 bits per heavy atom. The molecular formula is C31H35BrClN3O4S. The summed E-state index contributed by atoms with van der Waals surface area (Å²) >= 11 is 9.69. The van der Waals surface area contributed by atoms with Crippen molar-refractivity contribution in [3.8, 4) is 0 Å². The van der Waals surface area contributed by atoms with E-state index in [1.807, 2.05) is 36.4 Å². The van der Waals surface area contributed by atoms with Gasteiger partial charge in [0.05, 0.1) is 11.9 Å². The first-order valence-corrected chi connectivity index (χ1v) is 16.7. The van der Waals surface area contributed by atoms with Gasteiger partial charge in [0.1, 0.15) is 12.6 Å². The molecule has 0 heterocycles. The molecule has 1 atom stereocenters. The van der Waals surface area contributed by atoms with E-state index in [4.69, 9.17) is 11.6 Å². The Labute approximate surface area is 256 Å². The van der Waals surface area contributed by atoms with Gasteiger partial charge < -0.3 is 10.2 Å². The molecule has 218 valence electrons. The van der Waals surface area contributed by atoms with Gasteiger partial charge in [0, 0.05) is 28.5 Å². The average Bonchev–Trinajstić information content (AvgIpc) is 2.94. The lowest BCUT2D eigenvalue weighted by Gasteiger charge is -2.35. The van der Waals surface area contributed by atoms with Crippen LogP contribution in [0.1, 0.15) is 43.2 Å². The van der Waals surface area contributed by atoms with Crippen molar-refractivity contribution in [3.63, 3.8) is 0 Å². The molecule has 2 amide bonds. The summed E-state index contributed by atoms with van der Waals surface area (Å²) in [6.45, 7) is -0.382. The second-order valence-electron chi connectivity index (χ2n) is 10.4. The molecule has 0 saturated heterocycles. The number of para-hydroxylation sites is 1. The summed E-state index contributed by atoms with van der Waals surface area (Å²) in [7, 11) is -3.84. The number of sulfonamides is 1. The fraction of sp³-hybridized carbons (Fsp3) is 0.355. The first-order valence-electron chi connectivity index (χ1n) is 13.7. The number of anilines is 1. The van der Waals surface area contributed by atoms with Gasteiger partial charge in [-0.15, -0.1) is 0 Å². The Hall–Kier alpha value is -2.88. The van der Waals surface area contributed by atoms with Crippen molar-refractivity contribution in [1.29, 1.82) is 0 Å². The van der Waals surface area contributed by atoms with Crippen molar-refractivity contribution in [2.75, 3.05) is 17.1 Å². The van der Waals surface area contributed by atoms with E-state index < -0.39 is 28.5 Å². The first-order chi connectivity index (χ1) is 19.6. The molecule has 0 unspecified atom stereocenters. The maximum atomic E-state index is 14.2. The molecule has 1 saturated carbocycles. The van der Waals surface area contributed by atoms with Gasteiger partial charge in [-0.25, -0.2) is 8.42 Å². The number of benzene rings is 3. The minimum absolute atomic E-state index is 0.0467. The SMILES string of the molecule is CS(=O)(=O)N(CC(=O)N(Cc1cccc(Cl)c1)[C@H](Cc1ccccc1)C(=O)NC1CCCCC1)c1ccccc1Br. The first kappa shape index (κ1) is 31.1. The van der Waals surface area contributed by atoms with Gasteiger partial charge in [-0.2, -0.15) is 0 Å². The van der Waals surface area contributed by atoms with Gasteiger partial charge >= 0.3 is 0 Å². The summed E-state index contributed by atoms with van der Waals surface area (Å²) in [4.78, 5) is 29.6. The van der Waals surface area contributed by atoms with Gasteiger partial charge in [-0.1, -0.05) is 85.5 Å². The van der Waals surface area contributed by atoms with Gasteiger partial charge in [0.2, 0.25) is 21.8 Å². The van der Waals surface area contributed by atoms with E-state index in [0.29, 0.717) is 15.2 Å². The van der Waals surface area contributed by atoms with Gasteiger partial charge in [0.15, 0.2) is 0 Å². The Kier molecular flexibility index (Phi) is 10.9. The van der Waals surface area contributed by atoms with Crippen LogP contribution in [0.5, 0.6) is 0 Å². The molecule has 1 aliphatic rings. The third-order valence-corrected chi connectivity index (χ3v) is 9.30. The standard InChI is InChI=1S/C31H35BrClN3O4S/c1-41(39,40)36(28-18-9-8-17-27(28)32)22-30(37)35(21-24-13-10-14-25(33)19-24)29(20-23-11-4-2-5-12-23)31(38)34-26-15-6-3-7-16-26/h2,4-5,8-14,17-19,26,29H,3,6-7,15-16,20-22H2,1H3,(H,34,38)/t29-/m1/s1. The molecule has 3 aromatic carbocycles. The highest BCUT2D eigenvalue weighted by Crippen LogP contribution is 2.28. The average molecular weight is 661 g/mol. The summed E-state index contributed by atoms with van der Waals surface area (Å²) in [6, 6.07) is 22.7. The summed E-state index contributed by atoms with van der Waals surface area (Å²) in [6.07, 6.45) is 6.39. The lowest BCUT2D eigenvalue weighted by Crippen LogP contribution is -2.55. The van der Waals surface area contributed by atoms with Crippen LogP contribution in [0.25, 0.3) is 0 Å². The Morgan fingerprint density at radius 1 is 0.951 bits per heavy atom. The normalized spacial score (nSPS) is 14.7. The van der Waals surface area contributed by atoms with Gasteiger partial charge in [-0.05, 0) is 64.2 Å². The van der Waals surface area contributed by atoms with Crippen molar-refractivity contribution in [1.82, 2.24) is 10.2 Å². The lowest BCUT2D eigenvalue weighted by molar-refractivity contribution is -0.140. The number of nitrogens with zero attached hydrogens (tertiary/aromatic N) is 2. The molecule has 1 aliphatic carbocycles. The Bertz CT molecular complexity index is 1450. The minimum Gasteiger partial charge on any atom is -0.352 e. The van der Waals surface area contributed by atoms with Gasteiger partial charge in [-0.3, -0.25) is 13.9 Å². The number of carbonyl (C=O) groups excluding carboxylic acids is 2. The molecule has 3 aromatic rings. The predicted molar refractivity (Wildman–Crippen MR) is 167 cm³/mol. The van der Waals surface area contributed by atoms with Crippen LogP contribution in [0.3, 0.4) is 0 Å². The van der Waals surface area contributed by atoms with Gasteiger partial charge in [0.25, 0.3) is 0 Å². The zero-order valence-electron chi connectivity index (χ0n) is 23.0. The minimum atomic E-state index is -3.84. The summed E-state index contributed by atoms with van der Waals surface area (Å²) in [5.74, 6) is -0.742. The molecule has 41 heavy (non-hydrogen) atoms. The quantitative estimate of drug-likeness (QED) is 0.275. The maximum Gasteiger partial charge on any atom is 0.244 e. The second-order valence-corrected chi connectivity index (χ2v) is 13.6. The summed E-state index contributed by atoms with van der Waals surface area (Å²) < 4.78 is 27.5. The summed E-state index contributed by atoms with van der Waals surface area (Å²) in [5, 5.41) is 3.70. The van der Waals surface area contributed by atoms with Crippen LogP contribution in [0, 0.1) is 0 Å². The number of halogens is 2. The molecule has 4 rings (SSSR count). The zero-order chi connectivity index (χ0) is 29.4. The predicted octanol–water partition coefficient (Wildman–Crippen LogP) is 5.96. The third-order valence-electron chi connectivity index (χ3n) is 7.26. The van der Waals surface area contributed by atoms with Crippen LogP contribution in [-0.2, 0) is 32.6 Å². The lowest BCUT2D eigenvalue weighted by atomic mass is 9.94. The number of hydrogen-bond donors (Lipinski definition) is 1. The van der Waals surface area contributed by atoms with E-state index in [-0.39, 0.29) is 24.9 Å². The van der Waals surface area contributed by atoms with Crippen LogP contribution >= 0.6 is 27.5 Å². The van der Waals surface area contributed by atoms with Crippen molar-refractivity contribution in [2.45, 2.75) is 57.2 Å². The number of amides is 2. The molecule has 7 nitrogen and oxygen atoms in total. The van der Waals surface area contributed by atoms with Crippen molar-refractivity contribution >= 4 is 55.1 Å². The van der Waals surface area contributed by atoms with E-state index in [0.717, 1.165) is 53.8 Å². The fourth-order valence-electron chi connectivity index (χ4n) is 5.18. The van der Waals surface area contributed by atoms with Crippen LogP contribution < -0.4 is 9.62 Å². The topological polar surface area (TPSA) is 86.8 Å². The molecule has 0 spiro atoms. The van der Waals surface area contributed by atoms with Crippen LogP contribution in [0.4, 0.5) is 5.69 Å². The smallest absolute Gasteiger partial charge is 0.244 e. The fourth-order valence-corrected chi connectivity index (χ4v) is 6.87. The van der Waals surface area contributed by atoms with Crippen molar-refractivity contribution in [2.24, 2.45) is 0 Å². The number of hydrogen-bond acceptors (Lipinski definition) is 4. The van der Waals surface area contributed by atoms with E-state index >= 15 is 0 Å². The highest BCUT2D eigenvalue weighted by molar-refractivity contribution is 9.10. The Balaban J connectivity index is 1.73. The highest BCUT2D eigenvalue weighted by atomic mass is 79.9. The van der Waals surface area contributed by atoms with Crippen molar-refractivity contribution in [3.05, 3.63) is 99.5 Å². The zero-order valence-corrected chi connectivity index (χ0v) is 26.2. The van der Waals surface area contributed by atoms with Crippen LogP contribution in [-0.4, -0.2) is 50.0 Å². The number of carbonyl (C=O) groups is 2.